The summed E-state index contributed by atoms with van der Waals surface area (Å²) in [7, 11) is -1.08. The Labute approximate surface area is 182 Å². The predicted octanol–water partition coefficient (Wildman–Crippen LogP) is 2.02. The van der Waals surface area contributed by atoms with Crippen molar-refractivity contribution in [1.29, 1.82) is 0 Å². The Morgan fingerprint density at radius 2 is 2.03 bits per heavy atom. The Morgan fingerprint density at radius 1 is 1.19 bits per heavy atom. The molecule has 0 saturated carbocycles. The van der Waals surface area contributed by atoms with Crippen molar-refractivity contribution in [1.82, 2.24) is 29.7 Å². The van der Waals surface area contributed by atoms with Gasteiger partial charge in [-0.15, -0.1) is 11.3 Å². The molecular formula is C20H20N6O3S2. The molecule has 4 aromatic rings. The molecule has 4 aromatic heterocycles. The van der Waals surface area contributed by atoms with E-state index in [2.05, 4.69) is 20.5 Å². The molecule has 1 aliphatic rings. The van der Waals surface area contributed by atoms with Gasteiger partial charge in [0, 0.05) is 48.9 Å². The van der Waals surface area contributed by atoms with Gasteiger partial charge in [0.15, 0.2) is 15.5 Å². The molecule has 0 aromatic carbocycles. The van der Waals surface area contributed by atoms with Gasteiger partial charge in [-0.3, -0.25) is 9.48 Å². The van der Waals surface area contributed by atoms with Crippen LogP contribution in [0.15, 0.2) is 42.4 Å². The predicted molar refractivity (Wildman–Crippen MR) is 118 cm³/mol. The van der Waals surface area contributed by atoms with Crippen LogP contribution in [0.1, 0.15) is 16.1 Å². The highest BCUT2D eigenvalue weighted by molar-refractivity contribution is 7.91. The van der Waals surface area contributed by atoms with E-state index in [1.165, 1.54) is 11.3 Å². The fourth-order valence-corrected chi connectivity index (χ4v) is 6.44. The number of nitrogens with one attached hydrogen (secondary N) is 1. The lowest BCUT2D eigenvalue weighted by Crippen LogP contribution is -2.29. The van der Waals surface area contributed by atoms with Gasteiger partial charge in [-0.05, 0) is 29.3 Å². The van der Waals surface area contributed by atoms with Crippen molar-refractivity contribution in [3.05, 3.63) is 47.3 Å². The highest BCUT2D eigenvalue weighted by Gasteiger charge is 2.28. The number of hydrogen-bond donors (Lipinski definition) is 1. The van der Waals surface area contributed by atoms with E-state index >= 15 is 0 Å². The molecule has 0 radical (unpaired) electrons. The van der Waals surface area contributed by atoms with Gasteiger partial charge in [0.05, 0.1) is 28.8 Å². The van der Waals surface area contributed by atoms with Gasteiger partial charge in [-0.1, -0.05) is 0 Å². The third-order valence-corrected chi connectivity index (χ3v) is 8.17. The third kappa shape index (κ3) is 3.98. The molecule has 31 heavy (non-hydrogen) atoms. The SMILES string of the molecule is Cn1cc(-c2cnc3c(-c4csc(C(=O)NCC5CCS(=O)(=O)C5)c4)cnn3c2)cn1. The van der Waals surface area contributed by atoms with Gasteiger partial charge in [-0.2, -0.15) is 10.2 Å². The summed E-state index contributed by atoms with van der Waals surface area (Å²) in [5, 5.41) is 13.4. The Balaban J connectivity index is 1.32. The average Bonchev–Trinajstić information content (AvgIpc) is 3.51. The summed E-state index contributed by atoms with van der Waals surface area (Å²) in [6, 6.07) is 1.82. The van der Waals surface area contributed by atoms with E-state index in [-0.39, 0.29) is 23.3 Å². The molecular weight excluding hydrogens is 436 g/mol. The van der Waals surface area contributed by atoms with Crippen LogP contribution in [0.2, 0.25) is 0 Å². The van der Waals surface area contributed by atoms with E-state index in [4.69, 9.17) is 0 Å². The van der Waals surface area contributed by atoms with Gasteiger partial charge in [-0.25, -0.2) is 17.9 Å². The minimum atomic E-state index is -2.94. The molecule has 0 bridgehead atoms. The lowest BCUT2D eigenvalue weighted by atomic mass is 10.1. The van der Waals surface area contributed by atoms with E-state index < -0.39 is 9.84 Å². The Morgan fingerprint density at radius 3 is 2.77 bits per heavy atom. The van der Waals surface area contributed by atoms with E-state index in [1.54, 1.807) is 27.8 Å². The maximum atomic E-state index is 12.5. The number of carbonyl (C=O) groups is 1. The second-order valence-electron chi connectivity index (χ2n) is 7.75. The number of sulfone groups is 1. The largest absolute Gasteiger partial charge is 0.351 e. The highest BCUT2D eigenvalue weighted by atomic mass is 32.2. The molecule has 1 aliphatic heterocycles. The number of hydrogen-bond acceptors (Lipinski definition) is 7. The standard InChI is InChI=1S/C20H20N6O3S2/c1-25-9-16(7-23-25)15-6-21-19-17(8-24-26(19)10-15)14-4-18(30-11-14)20(27)22-5-13-2-3-31(28,29)12-13/h4,6-11,13H,2-3,5,12H2,1H3,(H,22,27). The number of fused-ring (bicyclic) bond motifs is 1. The molecule has 1 unspecified atom stereocenters. The maximum Gasteiger partial charge on any atom is 0.261 e. The first kappa shape index (κ1) is 19.9. The minimum Gasteiger partial charge on any atom is -0.351 e. The van der Waals surface area contributed by atoms with Crippen LogP contribution in [0.4, 0.5) is 0 Å². The molecule has 1 atom stereocenters. The minimum absolute atomic E-state index is 0.00814. The summed E-state index contributed by atoms with van der Waals surface area (Å²) in [5.74, 6) is 0.161. The average molecular weight is 457 g/mol. The summed E-state index contributed by atoms with van der Waals surface area (Å²) in [6.45, 7) is 0.376. The Kier molecular flexibility index (Phi) is 4.86. The molecule has 5 heterocycles. The van der Waals surface area contributed by atoms with Crippen molar-refractivity contribution in [2.24, 2.45) is 13.0 Å². The zero-order valence-electron chi connectivity index (χ0n) is 16.7. The quantitative estimate of drug-likeness (QED) is 0.492. The molecule has 1 fully saturated rings. The van der Waals surface area contributed by atoms with E-state index in [9.17, 15) is 13.2 Å². The topological polar surface area (TPSA) is 111 Å². The third-order valence-electron chi connectivity index (χ3n) is 5.41. The number of rotatable bonds is 5. The molecule has 1 N–H and O–H groups in total. The van der Waals surface area contributed by atoms with Crippen LogP contribution in [-0.2, 0) is 16.9 Å². The van der Waals surface area contributed by atoms with Crippen molar-refractivity contribution < 1.29 is 13.2 Å². The van der Waals surface area contributed by atoms with E-state index in [1.807, 2.05) is 30.9 Å². The van der Waals surface area contributed by atoms with Gasteiger partial charge >= 0.3 is 0 Å². The molecule has 160 valence electrons. The summed E-state index contributed by atoms with van der Waals surface area (Å²) in [5.41, 5.74) is 4.28. The molecule has 0 spiro atoms. The monoisotopic (exact) mass is 456 g/mol. The lowest BCUT2D eigenvalue weighted by molar-refractivity contribution is 0.0952. The molecule has 1 saturated heterocycles. The molecule has 1 amide bonds. The molecule has 9 nitrogen and oxygen atoms in total. The van der Waals surface area contributed by atoms with Gasteiger partial charge in [0.25, 0.3) is 5.91 Å². The number of thiophene rings is 1. The summed E-state index contributed by atoms with van der Waals surface area (Å²) in [4.78, 5) is 17.7. The first-order valence-electron chi connectivity index (χ1n) is 9.78. The van der Waals surface area contributed by atoms with Crippen molar-refractivity contribution in [2.75, 3.05) is 18.1 Å². The van der Waals surface area contributed by atoms with Crippen molar-refractivity contribution in [3.63, 3.8) is 0 Å². The Bertz CT molecular complexity index is 1380. The molecule has 0 aliphatic carbocycles. The van der Waals surface area contributed by atoms with E-state index in [0.29, 0.717) is 23.5 Å². The number of carbonyl (C=O) groups excluding carboxylic acids is 1. The van der Waals surface area contributed by atoms with Gasteiger partial charge < -0.3 is 5.32 Å². The summed E-state index contributed by atoms with van der Waals surface area (Å²) in [6.07, 6.45) is 9.72. The number of nitrogens with zero attached hydrogens (tertiary/aromatic N) is 5. The Hall–Kier alpha value is -3.05. The molecule has 5 rings (SSSR count). The molecule has 11 heteroatoms. The van der Waals surface area contributed by atoms with Crippen LogP contribution in [0, 0.1) is 5.92 Å². The van der Waals surface area contributed by atoms with Gasteiger partial charge in [0.2, 0.25) is 0 Å². The normalized spacial score (nSPS) is 17.9. The first-order valence-corrected chi connectivity index (χ1v) is 12.5. The first-order chi connectivity index (χ1) is 14.9. The number of amides is 1. The van der Waals surface area contributed by atoms with Crippen LogP contribution in [0.3, 0.4) is 0 Å². The lowest BCUT2D eigenvalue weighted by Gasteiger charge is -2.08. The van der Waals surface area contributed by atoms with E-state index in [0.717, 1.165) is 22.3 Å². The van der Waals surface area contributed by atoms with Crippen LogP contribution in [-0.4, -0.2) is 56.8 Å². The van der Waals surface area contributed by atoms with Crippen molar-refractivity contribution in [3.8, 4) is 22.3 Å². The second kappa shape index (κ2) is 7.57. The van der Waals surface area contributed by atoms with Crippen molar-refractivity contribution in [2.45, 2.75) is 6.42 Å². The van der Waals surface area contributed by atoms with Crippen LogP contribution in [0.25, 0.3) is 27.9 Å². The zero-order valence-corrected chi connectivity index (χ0v) is 18.4. The van der Waals surface area contributed by atoms with Crippen molar-refractivity contribution >= 4 is 32.7 Å². The van der Waals surface area contributed by atoms with Crippen LogP contribution < -0.4 is 5.32 Å². The number of aryl methyl sites for hydroxylation is 1. The van der Waals surface area contributed by atoms with Crippen LogP contribution >= 0.6 is 11.3 Å². The summed E-state index contributed by atoms with van der Waals surface area (Å²) >= 11 is 1.34. The highest BCUT2D eigenvalue weighted by Crippen LogP contribution is 2.29. The summed E-state index contributed by atoms with van der Waals surface area (Å²) < 4.78 is 26.6. The van der Waals surface area contributed by atoms with Gasteiger partial charge in [0.1, 0.15) is 0 Å². The maximum absolute atomic E-state index is 12.5. The second-order valence-corrected chi connectivity index (χ2v) is 10.9. The van der Waals surface area contributed by atoms with Crippen LogP contribution in [0.5, 0.6) is 0 Å². The number of aromatic nitrogens is 5. The fourth-order valence-electron chi connectivity index (χ4n) is 3.75. The fraction of sp³-hybridized carbons (Fsp3) is 0.300. The zero-order chi connectivity index (χ0) is 21.6. The smallest absolute Gasteiger partial charge is 0.261 e.